The van der Waals surface area contributed by atoms with Crippen LogP contribution >= 0.6 is 11.8 Å². The number of Topliss-reactive ketones (excluding diaryl/α,β-unsaturated/α-hetero) is 1. The average Bonchev–Trinajstić information content (AvgIpc) is 3.15. The van der Waals surface area contributed by atoms with Gasteiger partial charge in [0.15, 0.2) is 0 Å². The third-order valence-electron chi connectivity index (χ3n) is 3.77. The first-order valence-electron chi connectivity index (χ1n) is 8.36. The third-order valence-corrected chi connectivity index (χ3v) is 4.78. The SMILES string of the molecule is CC(=O)CNC(=O)[C@H](C)NC(=O)[C@@H]1CSCN1C(=O)OCc1cccnc1. The highest BCUT2D eigenvalue weighted by Gasteiger charge is 2.36. The number of hydrogen-bond acceptors (Lipinski definition) is 7. The molecule has 1 aliphatic rings. The van der Waals surface area contributed by atoms with Crippen LogP contribution in [0, 0.1) is 0 Å². The summed E-state index contributed by atoms with van der Waals surface area (Å²) in [5.74, 6) is -0.347. The summed E-state index contributed by atoms with van der Waals surface area (Å²) < 4.78 is 5.25. The zero-order valence-electron chi connectivity index (χ0n) is 15.1. The fourth-order valence-corrected chi connectivity index (χ4v) is 3.43. The second-order valence-electron chi connectivity index (χ2n) is 6.05. The number of ether oxygens (including phenoxy) is 1. The molecule has 0 unspecified atom stereocenters. The number of nitrogens with one attached hydrogen (secondary N) is 2. The average molecular weight is 394 g/mol. The maximum atomic E-state index is 12.5. The first kappa shape index (κ1) is 20.7. The fraction of sp³-hybridized carbons (Fsp3) is 0.471. The van der Waals surface area contributed by atoms with Gasteiger partial charge in [0.2, 0.25) is 11.8 Å². The normalized spacial score (nSPS) is 17.1. The van der Waals surface area contributed by atoms with Crippen LogP contribution in [0.5, 0.6) is 0 Å². The number of rotatable bonds is 7. The minimum atomic E-state index is -0.823. The van der Waals surface area contributed by atoms with Gasteiger partial charge in [-0.25, -0.2) is 4.79 Å². The van der Waals surface area contributed by atoms with E-state index in [1.54, 1.807) is 24.5 Å². The predicted octanol–water partition coefficient (Wildman–Crippen LogP) is 0.303. The maximum absolute atomic E-state index is 12.5. The molecule has 2 rings (SSSR count). The minimum absolute atomic E-state index is 0.0615. The Balaban J connectivity index is 1.86. The molecule has 0 spiro atoms. The lowest BCUT2D eigenvalue weighted by molar-refractivity contribution is -0.131. The number of thioether (sulfide) groups is 1. The highest BCUT2D eigenvalue weighted by molar-refractivity contribution is 7.99. The van der Waals surface area contributed by atoms with Crippen LogP contribution in [0.4, 0.5) is 4.79 Å². The van der Waals surface area contributed by atoms with E-state index in [4.69, 9.17) is 4.74 Å². The molecule has 146 valence electrons. The van der Waals surface area contributed by atoms with Gasteiger partial charge in [-0.15, -0.1) is 11.8 Å². The van der Waals surface area contributed by atoms with Crippen molar-refractivity contribution in [3.8, 4) is 0 Å². The lowest BCUT2D eigenvalue weighted by Gasteiger charge is -2.24. The lowest BCUT2D eigenvalue weighted by Crippen LogP contribution is -2.53. The molecule has 2 N–H and O–H groups in total. The van der Waals surface area contributed by atoms with Gasteiger partial charge in [-0.3, -0.25) is 24.3 Å². The Hall–Kier alpha value is -2.62. The van der Waals surface area contributed by atoms with Gasteiger partial charge in [-0.2, -0.15) is 0 Å². The first-order chi connectivity index (χ1) is 12.9. The quantitative estimate of drug-likeness (QED) is 0.683. The van der Waals surface area contributed by atoms with Crippen molar-refractivity contribution in [3.05, 3.63) is 30.1 Å². The summed E-state index contributed by atoms with van der Waals surface area (Å²) in [6.45, 7) is 2.84. The molecule has 1 fully saturated rings. The van der Waals surface area contributed by atoms with Gasteiger partial charge in [0.05, 0.1) is 12.4 Å². The lowest BCUT2D eigenvalue weighted by atomic mass is 10.2. The second-order valence-corrected chi connectivity index (χ2v) is 7.05. The Bertz CT molecular complexity index is 700. The number of hydrogen-bond donors (Lipinski definition) is 2. The summed E-state index contributed by atoms with van der Waals surface area (Å²) in [6.07, 6.45) is 2.62. The number of nitrogens with zero attached hydrogens (tertiary/aromatic N) is 2. The highest BCUT2D eigenvalue weighted by atomic mass is 32.2. The number of amides is 3. The summed E-state index contributed by atoms with van der Waals surface area (Å²) in [5.41, 5.74) is 0.745. The van der Waals surface area contributed by atoms with Gasteiger partial charge in [0.1, 0.15) is 24.5 Å². The maximum Gasteiger partial charge on any atom is 0.411 e. The van der Waals surface area contributed by atoms with Crippen LogP contribution < -0.4 is 10.6 Å². The molecule has 2 heterocycles. The molecule has 1 saturated heterocycles. The van der Waals surface area contributed by atoms with E-state index in [1.165, 1.54) is 30.5 Å². The van der Waals surface area contributed by atoms with Gasteiger partial charge in [-0.05, 0) is 19.9 Å². The van der Waals surface area contributed by atoms with Gasteiger partial charge >= 0.3 is 6.09 Å². The summed E-state index contributed by atoms with van der Waals surface area (Å²) in [6, 6.07) is 1.98. The molecule has 1 aliphatic heterocycles. The molecule has 0 bridgehead atoms. The highest BCUT2D eigenvalue weighted by Crippen LogP contribution is 2.22. The molecule has 0 radical (unpaired) electrons. The Morgan fingerprint density at radius 2 is 2.19 bits per heavy atom. The zero-order valence-corrected chi connectivity index (χ0v) is 16.0. The summed E-state index contributed by atoms with van der Waals surface area (Å²) in [4.78, 5) is 52.8. The van der Waals surface area contributed by atoms with Crippen molar-refractivity contribution < 1.29 is 23.9 Å². The molecule has 9 nitrogen and oxygen atoms in total. The van der Waals surface area contributed by atoms with E-state index in [0.29, 0.717) is 11.6 Å². The monoisotopic (exact) mass is 394 g/mol. The molecule has 3 amide bonds. The zero-order chi connectivity index (χ0) is 19.8. The van der Waals surface area contributed by atoms with Gasteiger partial charge in [0, 0.05) is 23.7 Å². The molecule has 27 heavy (non-hydrogen) atoms. The topological polar surface area (TPSA) is 118 Å². The summed E-state index contributed by atoms with van der Waals surface area (Å²) >= 11 is 1.42. The number of ketones is 1. The Morgan fingerprint density at radius 3 is 2.85 bits per heavy atom. The fourth-order valence-electron chi connectivity index (χ4n) is 2.29. The van der Waals surface area contributed by atoms with Crippen LogP contribution in [-0.2, 0) is 25.7 Å². The van der Waals surface area contributed by atoms with Crippen LogP contribution in [-0.4, -0.2) is 63.8 Å². The molecule has 0 aromatic carbocycles. The number of aromatic nitrogens is 1. The third kappa shape index (κ3) is 6.24. The van der Waals surface area contributed by atoms with Crippen molar-refractivity contribution in [2.24, 2.45) is 0 Å². The molecule has 0 aliphatic carbocycles. The van der Waals surface area contributed by atoms with Crippen molar-refractivity contribution in [1.29, 1.82) is 0 Å². The molecule has 1 aromatic rings. The predicted molar refractivity (Wildman–Crippen MR) is 98.7 cm³/mol. The first-order valence-corrected chi connectivity index (χ1v) is 9.51. The Labute approximate surface area is 161 Å². The number of carbonyl (C=O) groups is 4. The van der Waals surface area contributed by atoms with E-state index in [1.807, 2.05) is 0 Å². The van der Waals surface area contributed by atoms with E-state index in [9.17, 15) is 19.2 Å². The van der Waals surface area contributed by atoms with Crippen molar-refractivity contribution in [1.82, 2.24) is 20.5 Å². The summed E-state index contributed by atoms with van der Waals surface area (Å²) in [7, 11) is 0. The van der Waals surface area contributed by atoms with Crippen molar-refractivity contribution in [3.63, 3.8) is 0 Å². The van der Waals surface area contributed by atoms with E-state index in [-0.39, 0.29) is 18.9 Å². The largest absolute Gasteiger partial charge is 0.444 e. The van der Waals surface area contributed by atoms with Gasteiger partial charge in [-0.1, -0.05) is 6.07 Å². The van der Waals surface area contributed by atoms with E-state index in [2.05, 4.69) is 15.6 Å². The van der Waals surface area contributed by atoms with Crippen LogP contribution in [0.2, 0.25) is 0 Å². The molecule has 1 aromatic heterocycles. The number of carbonyl (C=O) groups excluding carboxylic acids is 4. The van der Waals surface area contributed by atoms with Crippen LogP contribution in [0.1, 0.15) is 19.4 Å². The van der Waals surface area contributed by atoms with Crippen molar-refractivity contribution in [2.45, 2.75) is 32.5 Å². The van der Waals surface area contributed by atoms with Crippen LogP contribution in [0.15, 0.2) is 24.5 Å². The van der Waals surface area contributed by atoms with E-state index >= 15 is 0 Å². The van der Waals surface area contributed by atoms with Crippen LogP contribution in [0.25, 0.3) is 0 Å². The molecular formula is C17H22N4O5S. The smallest absolute Gasteiger partial charge is 0.411 e. The number of pyridine rings is 1. The van der Waals surface area contributed by atoms with Crippen LogP contribution in [0.3, 0.4) is 0 Å². The summed E-state index contributed by atoms with van der Waals surface area (Å²) in [5, 5.41) is 5.00. The minimum Gasteiger partial charge on any atom is -0.444 e. The molecule has 0 saturated carbocycles. The van der Waals surface area contributed by atoms with E-state index in [0.717, 1.165) is 5.56 Å². The van der Waals surface area contributed by atoms with Crippen molar-refractivity contribution >= 4 is 35.5 Å². The van der Waals surface area contributed by atoms with E-state index < -0.39 is 30.0 Å². The molecule has 10 heteroatoms. The Morgan fingerprint density at radius 1 is 1.41 bits per heavy atom. The standard InChI is InChI=1S/C17H22N4O5S/c1-11(22)6-19-15(23)12(2)20-16(24)14-9-27-10-21(14)17(25)26-8-13-4-3-5-18-7-13/h3-5,7,12,14H,6,8-10H2,1-2H3,(H,19,23)(H,20,24)/t12-,14-/m0/s1. The van der Waals surface area contributed by atoms with Gasteiger partial charge in [0.25, 0.3) is 0 Å². The second kappa shape index (κ2) is 9.91. The molecular weight excluding hydrogens is 372 g/mol. The Kier molecular flexibility index (Phi) is 7.59. The molecule has 2 atom stereocenters. The van der Waals surface area contributed by atoms with Crippen molar-refractivity contribution in [2.75, 3.05) is 18.2 Å². The van der Waals surface area contributed by atoms with Gasteiger partial charge < -0.3 is 15.4 Å².